The van der Waals surface area contributed by atoms with E-state index in [0.29, 0.717) is 16.7 Å². The summed E-state index contributed by atoms with van der Waals surface area (Å²) in [5.74, 6) is 5.15. The first-order chi connectivity index (χ1) is 17.9. The Kier molecular flexibility index (Phi) is 10.4. The maximum Gasteiger partial charge on any atom is 0.0605 e. The third-order valence-electron chi connectivity index (χ3n) is 11.5. The third kappa shape index (κ3) is 7.63. The van der Waals surface area contributed by atoms with E-state index >= 15 is 0 Å². The van der Waals surface area contributed by atoms with Crippen molar-refractivity contribution in [2.24, 2.45) is 46.3 Å². The number of rotatable bonds is 5. The standard InChI is InChI=1S/C29H48O.C8H18O/c1-7-21(19(2)3)9-8-20(4)25-12-13-26-24-11-10-22-18-23(30)14-16-28(22,5)27(24)15-17-29(25,26)6;1-7(2,3)9-8(4,5)6/h7,10,19-20,23-27,30H,8-9,11-18H2,1-6H3;1-6H3/b21-7+;/t20-,23+,24+,25-,26+,27+,28+,29-;/m1./s1. The summed E-state index contributed by atoms with van der Waals surface area (Å²) in [4.78, 5) is 0. The van der Waals surface area contributed by atoms with Crippen LogP contribution in [0.5, 0.6) is 0 Å². The minimum atomic E-state index is -0.0839. The van der Waals surface area contributed by atoms with Gasteiger partial charge in [-0.2, -0.15) is 0 Å². The summed E-state index contributed by atoms with van der Waals surface area (Å²) in [6.07, 6.45) is 17.8. The van der Waals surface area contributed by atoms with Gasteiger partial charge in [-0.1, -0.05) is 57.9 Å². The number of fused-ring (bicyclic) bond motifs is 5. The summed E-state index contributed by atoms with van der Waals surface area (Å²) in [7, 11) is 0. The molecule has 0 amide bonds. The molecule has 0 aliphatic heterocycles. The van der Waals surface area contributed by atoms with Crippen molar-refractivity contribution in [1.82, 2.24) is 0 Å². The molecule has 0 unspecified atom stereocenters. The van der Waals surface area contributed by atoms with E-state index in [4.69, 9.17) is 4.74 Å². The fourth-order valence-corrected chi connectivity index (χ4v) is 9.90. The summed E-state index contributed by atoms with van der Waals surface area (Å²) < 4.78 is 5.62. The summed E-state index contributed by atoms with van der Waals surface area (Å²) in [5, 5.41) is 10.2. The van der Waals surface area contributed by atoms with Gasteiger partial charge in [0.1, 0.15) is 0 Å². The molecule has 4 aliphatic rings. The fraction of sp³-hybridized carbons (Fsp3) is 0.892. The van der Waals surface area contributed by atoms with Crippen molar-refractivity contribution in [3.63, 3.8) is 0 Å². The highest BCUT2D eigenvalue weighted by Crippen LogP contribution is 2.67. The van der Waals surface area contributed by atoms with E-state index in [1.54, 1.807) is 11.1 Å². The third-order valence-corrected chi connectivity index (χ3v) is 11.5. The Hall–Kier alpha value is -0.600. The lowest BCUT2D eigenvalue weighted by atomic mass is 9.47. The van der Waals surface area contributed by atoms with Crippen LogP contribution in [0.3, 0.4) is 0 Å². The van der Waals surface area contributed by atoms with Gasteiger partial charge in [0.2, 0.25) is 0 Å². The molecule has 3 saturated carbocycles. The first kappa shape index (κ1) is 32.9. The highest BCUT2D eigenvalue weighted by Gasteiger charge is 2.59. The van der Waals surface area contributed by atoms with E-state index < -0.39 is 0 Å². The van der Waals surface area contributed by atoms with E-state index in [1.165, 1.54) is 51.4 Å². The largest absolute Gasteiger partial charge is 0.393 e. The zero-order valence-electron chi connectivity index (χ0n) is 28.1. The molecule has 2 heteroatoms. The maximum atomic E-state index is 10.2. The average Bonchev–Trinajstić information content (AvgIpc) is 3.15. The zero-order chi connectivity index (χ0) is 29.4. The topological polar surface area (TPSA) is 29.5 Å². The predicted molar refractivity (Wildman–Crippen MR) is 169 cm³/mol. The maximum absolute atomic E-state index is 10.2. The smallest absolute Gasteiger partial charge is 0.0605 e. The monoisotopic (exact) mass is 543 g/mol. The molecule has 2 nitrogen and oxygen atoms in total. The van der Waals surface area contributed by atoms with Gasteiger partial charge in [-0.15, -0.1) is 0 Å². The number of ether oxygens (including phenoxy) is 1. The SMILES string of the molecule is C/C=C(\CC[C@@H](C)[C@H]1CC[C@H]2[C@@H]3CC=C4C[C@@H](O)CC[C@]4(C)[C@H]3CC[C@]12C)C(C)C.CC(C)(C)OC(C)(C)C. The van der Waals surface area contributed by atoms with Gasteiger partial charge in [-0.25, -0.2) is 0 Å². The second-order valence-electron chi connectivity index (χ2n) is 16.7. The quantitative estimate of drug-likeness (QED) is 0.350. The molecule has 4 aliphatic carbocycles. The predicted octanol–water partition coefficient (Wildman–Crippen LogP) is 10.5. The van der Waals surface area contributed by atoms with Crippen LogP contribution >= 0.6 is 0 Å². The van der Waals surface area contributed by atoms with Crippen LogP contribution in [0.1, 0.15) is 147 Å². The summed E-state index contributed by atoms with van der Waals surface area (Å²) in [6, 6.07) is 0. The molecule has 0 radical (unpaired) electrons. The Morgan fingerprint density at radius 1 is 0.974 bits per heavy atom. The van der Waals surface area contributed by atoms with Gasteiger partial charge in [-0.05, 0) is 159 Å². The lowest BCUT2D eigenvalue weighted by molar-refractivity contribution is -0.102. The van der Waals surface area contributed by atoms with Crippen molar-refractivity contribution in [2.45, 2.75) is 165 Å². The van der Waals surface area contributed by atoms with E-state index in [9.17, 15) is 5.11 Å². The van der Waals surface area contributed by atoms with Gasteiger partial charge in [0.25, 0.3) is 0 Å². The average molecular weight is 543 g/mol. The van der Waals surface area contributed by atoms with Crippen molar-refractivity contribution >= 4 is 0 Å². The molecule has 0 heterocycles. The molecule has 0 aromatic rings. The molecular weight excluding hydrogens is 476 g/mol. The highest BCUT2D eigenvalue weighted by atomic mass is 16.5. The molecule has 0 saturated heterocycles. The molecule has 0 aromatic heterocycles. The zero-order valence-corrected chi connectivity index (χ0v) is 28.1. The number of aliphatic hydroxyl groups excluding tert-OH is 1. The van der Waals surface area contributed by atoms with Gasteiger partial charge in [0, 0.05) is 0 Å². The molecule has 8 atom stereocenters. The molecule has 0 spiro atoms. The fourth-order valence-electron chi connectivity index (χ4n) is 9.90. The lowest BCUT2D eigenvalue weighted by Gasteiger charge is -2.58. The molecule has 4 rings (SSSR count). The van der Waals surface area contributed by atoms with Crippen LogP contribution in [0.15, 0.2) is 23.3 Å². The van der Waals surface area contributed by atoms with Crippen molar-refractivity contribution < 1.29 is 9.84 Å². The Labute approximate surface area is 243 Å². The minimum absolute atomic E-state index is 0.0156. The van der Waals surface area contributed by atoms with Crippen LogP contribution in [0.25, 0.3) is 0 Å². The number of allylic oxidation sites excluding steroid dienone is 3. The normalized spacial score (nSPS) is 37.7. The summed E-state index contributed by atoms with van der Waals surface area (Å²) in [6.45, 7) is 27.2. The Morgan fingerprint density at radius 2 is 1.62 bits per heavy atom. The first-order valence-electron chi connectivity index (χ1n) is 16.6. The van der Waals surface area contributed by atoms with Crippen LogP contribution < -0.4 is 0 Å². The van der Waals surface area contributed by atoms with Gasteiger partial charge in [0.15, 0.2) is 0 Å². The summed E-state index contributed by atoms with van der Waals surface area (Å²) in [5.41, 5.74) is 4.18. The molecule has 3 fully saturated rings. The van der Waals surface area contributed by atoms with Crippen molar-refractivity contribution in [1.29, 1.82) is 0 Å². The molecule has 226 valence electrons. The Balaban J connectivity index is 0.000000403. The molecule has 0 aromatic carbocycles. The van der Waals surface area contributed by atoms with E-state index in [2.05, 4.69) is 95.2 Å². The van der Waals surface area contributed by atoms with Crippen molar-refractivity contribution in [3.05, 3.63) is 23.3 Å². The van der Waals surface area contributed by atoms with Crippen molar-refractivity contribution in [2.75, 3.05) is 0 Å². The minimum Gasteiger partial charge on any atom is -0.393 e. The van der Waals surface area contributed by atoms with E-state index in [0.717, 1.165) is 42.4 Å². The van der Waals surface area contributed by atoms with Crippen LogP contribution in [0.4, 0.5) is 0 Å². The number of aliphatic hydroxyl groups is 1. The van der Waals surface area contributed by atoms with Crippen LogP contribution in [0, 0.1) is 46.3 Å². The van der Waals surface area contributed by atoms with Crippen LogP contribution in [0.2, 0.25) is 0 Å². The lowest BCUT2D eigenvalue weighted by Crippen LogP contribution is -2.50. The Bertz CT molecular complexity index is 855. The van der Waals surface area contributed by atoms with E-state index in [1.807, 2.05) is 0 Å². The van der Waals surface area contributed by atoms with Gasteiger partial charge in [0.05, 0.1) is 17.3 Å². The van der Waals surface area contributed by atoms with Gasteiger partial charge >= 0.3 is 0 Å². The molecular formula is C37H66O2. The van der Waals surface area contributed by atoms with Gasteiger partial charge < -0.3 is 9.84 Å². The Morgan fingerprint density at radius 3 is 2.15 bits per heavy atom. The van der Waals surface area contributed by atoms with Crippen LogP contribution in [-0.4, -0.2) is 22.4 Å². The summed E-state index contributed by atoms with van der Waals surface area (Å²) >= 11 is 0. The van der Waals surface area contributed by atoms with Crippen molar-refractivity contribution in [3.8, 4) is 0 Å². The second-order valence-corrected chi connectivity index (χ2v) is 16.7. The van der Waals surface area contributed by atoms with Gasteiger partial charge in [-0.3, -0.25) is 0 Å². The number of hydrogen-bond donors (Lipinski definition) is 1. The highest BCUT2D eigenvalue weighted by molar-refractivity contribution is 5.25. The molecule has 39 heavy (non-hydrogen) atoms. The molecule has 1 N–H and O–H groups in total. The molecule has 0 bridgehead atoms. The van der Waals surface area contributed by atoms with Crippen LogP contribution in [-0.2, 0) is 4.74 Å². The van der Waals surface area contributed by atoms with E-state index in [-0.39, 0.29) is 17.3 Å². The first-order valence-corrected chi connectivity index (χ1v) is 16.6. The number of hydrogen-bond acceptors (Lipinski definition) is 2. The second kappa shape index (κ2) is 12.3.